The van der Waals surface area contributed by atoms with Gasteiger partial charge in [-0.1, -0.05) is 13.3 Å². The van der Waals surface area contributed by atoms with E-state index in [1.165, 1.54) is 0 Å². The first kappa shape index (κ1) is 19.2. The molecule has 1 aromatic rings. The maximum atomic E-state index is 12.6. The molecule has 1 atom stereocenters. The Morgan fingerprint density at radius 2 is 2.12 bits per heavy atom. The van der Waals surface area contributed by atoms with E-state index in [1.807, 2.05) is 25.9 Å². The molecule has 24 heavy (non-hydrogen) atoms. The quantitative estimate of drug-likeness (QED) is 0.607. The third-order valence-electron chi connectivity index (χ3n) is 4.67. The highest BCUT2D eigenvalue weighted by atomic mass is 32.2. The van der Waals surface area contributed by atoms with Gasteiger partial charge in [0.15, 0.2) is 5.82 Å². The highest BCUT2D eigenvalue weighted by Gasteiger charge is 2.48. The second-order valence-electron chi connectivity index (χ2n) is 6.40. The fraction of sp³-hybridized carbons (Fsp3) is 0.929. The minimum absolute atomic E-state index is 0.196. The highest BCUT2D eigenvalue weighted by molar-refractivity contribution is 7.89. The van der Waals surface area contributed by atoms with E-state index >= 15 is 0 Å². The van der Waals surface area contributed by atoms with Gasteiger partial charge >= 0.3 is 0 Å². The molecule has 138 valence electrons. The van der Waals surface area contributed by atoms with Gasteiger partial charge in [-0.15, -0.1) is 5.10 Å². The van der Waals surface area contributed by atoms with Gasteiger partial charge in [0.25, 0.3) is 0 Å². The molecule has 1 saturated heterocycles. The molecule has 2 heterocycles. The maximum absolute atomic E-state index is 12.6. The summed E-state index contributed by atoms with van der Waals surface area (Å²) in [7, 11) is 2.27. The Morgan fingerprint density at radius 1 is 1.38 bits per heavy atom. The number of likely N-dealkylation sites (N-methyl/N-ethyl adjacent to an activating group) is 1. The van der Waals surface area contributed by atoms with Crippen LogP contribution in [0.5, 0.6) is 0 Å². The average Bonchev–Trinajstić information content (AvgIpc) is 3.18. The highest BCUT2D eigenvalue weighted by Crippen LogP contribution is 2.36. The summed E-state index contributed by atoms with van der Waals surface area (Å²) < 4.78 is 33.5. The van der Waals surface area contributed by atoms with Crippen molar-refractivity contribution in [3.8, 4) is 0 Å². The largest absolute Gasteiger partial charge is 0.383 e. The zero-order valence-electron chi connectivity index (χ0n) is 15.0. The Morgan fingerprint density at radius 3 is 2.75 bits per heavy atom. The molecule has 0 radical (unpaired) electrons. The van der Waals surface area contributed by atoms with E-state index in [0.717, 1.165) is 6.42 Å². The van der Waals surface area contributed by atoms with Crippen molar-refractivity contribution in [1.29, 1.82) is 0 Å². The fourth-order valence-corrected chi connectivity index (χ4v) is 4.76. The van der Waals surface area contributed by atoms with Gasteiger partial charge in [0, 0.05) is 20.2 Å². The van der Waals surface area contributed by atoms with Crippen molar-refractivity contribution in [2.75, 3.05) is 46.7 Å². The first-order valence-corrected chi connectivity index (χ1v) is 9.89. The van der Waals surface area contributed by atoms with Crippen LogP contribution in [0.15, 0.2) is 0 Å². The van der Waals surface area contributed by atoms with Crippen molar-refractivity contribution in [2.45, 2.75) is 38.3 Å². The molecular weight excluding hydrogens is 332 g/mol. The van der Waals surface area contributed by atoms with Crippen LogP contribution in [0.25, 0.3) is 0 Å². The van der Waals surface area contributed by atoms with E-state index < -0.39 is 15.6 Å². The van der Waals surface area contributed by atoms with Gasteiger partial charge in [0.05, 0.1) is 24.4 Å². The summed E-state index contributed by atoms with van der Waals surface area (Å²) in [5.41, 5.74) is -0.517. The Hall–Kier alpha value is -1.10. The van der Waals surface area contributed by atoms with Gasteiger partial charge in [-0.25, -0.2) is 13.1 Å². The number of nitrogens with zero attached hydrogens (tertiary/aromatic N) is 6. The fourth-order valence-electron chi connectivity index (χ4n) is 3.07. The summed E-state index contributed by atoms with van der Waals surface area (Å²) in [5, 5.41) is 12.0. The van der Waals surface area contributed by atoms with E-state index in [9.17, 15) is 8.42 Å². The van der Waals surface area contributed by atoms with Gasteiger partial charge in [0.2, 0.25) is 10.0 Å². The number of hydrogen-bond donors (Lipinski definition) is 0. The molecule has 1 fully saturated rings. The van der Waals surface area contributed by atoms with Crippen LogP contribution in [0, 0.1) is 0 Å². The molecule has 9 nitrogen and oxygen atoms in total. The standard InChI is InChI=1S/C14H28N6O3S/c1-5-6-11-24(21,22)19-8-7-14(12-19,18(2)3)13-15-16-17-20(13)9-10-23-4/h5-12H2,1-4H3. The maximum Gasteiger partial charge on any atom is 0.214 e. The molecule has 10 heteroatoms. The average molecular weight is 360 g/mol. The van der Waals surface area contributed by atoms with E-state index in [0.29, 0.717) is 44.9 Å². The predicted octanol–water partition coefficient (Wildman–Crippen LogP) is -0.0880. The normalized spacial score (nSPS) is 22.5. The Labute approximate surface area is 144 Å². The molecule has 0 spiro atoms. The van der Waals surface area contributed by atoms with Crippen molar-refractivity contribution in [2.24, 2.45) is 0 Å². The van der Waals surface area contributed by atoms with Crippen LogP contribution in [0.2, 0.25) is 0 Å². The number of aromatic nitrogens is 4. The Balaban J connectivity index is 2.27. The summed E-state index contributed by atoms with van der Waals surface area (Å²) in [6, 6.07) is 0. The Bertz CT molecular complexity index is 632. The SMILES string of the molecule is CCCCS(=O)(=O)N1CCC(c2nnnn2CCOC)(N(C)C)C1. The van der Waals surface area contributed by atoms with Crippen molar-refractivity contribution in [3.05, 3.63) is 5.82 Å². The molecule has 0 aliphatic carbocycles. The summed E-state index contributed by atoms with van der Waals surface area (Å²) in [6.45, 7) is 3.89. The lowest BCUT2D eigenvalue weighted by atomic mass is 9.96. The Kier molecular flexibility index (Phi) is 6.29. The third kappa shape index (κ3) is 3.76. The topological polar surface area (TPSA) is 93.5 Å². The summed E-state index contributed by atoms with van der Waals surface area (Å²) >= 11 is 0. The first-order chi connectivity index (χ1) is 11.4. The molecule has 0 N–H and O–H groups in total. The zero-order valence-corrected chi connectivity index (χ0v) is 15.8. The predicted molar refractivity (Wildman–Crippen MR) is 89.9 cm³/mol. The molecule has 0 saturated carbocycles. The van der Waals surface area contributed by atoms with Crippen LogP contribution in [-0.2, 0) is 26.8 Å². The number of tetrazole rings is 1. The lowest BCUT2D eigenvalue weighted by Gasteiger charge is -2.34. The minimum Gasteiger partial charge on any atom is -0.383 e. The molecule has 0 aromatic carbocycles. The van der Waals surface area contributed by atoms with Crippen molar-refractivity contribution >= 4 is 10.0 Å². The summed E-state index contributed by atoms with van der Waals surface area (Å²) in [5.74, 6) is 0.888. The first-order valence-electron chi connectivity index (χ1n) is 8.28. The van der Waals surface area contributed by atoms with Crippen LogP contribution in [0.1, 0.15) is 32.0 Å². The summed E-state index contributed by atoms with van der Waals surface area (Å²) in [6.07, 6.45) is 2.21. The molecule has 1 aliphatic heterocycles. The number of unbranched alkanes of at least 4 members (excludes halogenated alkanes) is 1. The van der Waals surface area contributed by atoms with Gasteiger partial charge in [0.1, 0.15) is 0 Å². The zero-order chi connectivity index (χ0) is 17.8. The van der Waals surface area contributed by atoms with Crippen molar-refractivity contribution in [1.82, 2.24) is 29.4 Å². The van der Waals surface area contributed by atoms with Crippen molar-refractivity contribution in [3.63, 3.8) is 0 Å². The van der Waals surface area contributed by atoms with E-state index in [1.54, 1.807) is 16.1 Å². The van der Waals surface area contributed by atoms with Gasteiger partial charge in [-0.2, -0.15) is 4.31 Å². The molecule has 1 unspecified atom stereocenters. The molecule has 1 aliphatic rings. The van der Waals surface area contributed by atoms with Crippen molar-refractivity contribution < 1.29 is 13.2 Å². The number of methoxy groups -OCH3 is 1. The molecular formula is C14H28N6O3S. The second kappa shape index (κ2) is 7.85. The number of ether oxygens (including phenoxy) is 1. The van der Waals surface area contributed by atoms with Crippen LogP contribution < -0.4 is 0 Å². The van der Waals surface area contributed by atoms with Crippen LogP contribution in [-0.4, -0.2) is 84.5 Å². The van der Waals surface area contributed by atoms with Gasteiger partial charge in [-0.3, -0.25) is 4.90 Å². The molecule has 0 amide bonds. The molecule has 1 aromatic heterocycles. The lowest BCUT2D eigenvalue weighted by Crippen LogP contribution is -2.47. The number of sulfonamides is 1. The second-order valence-corrected chi connectivity index (χ2v) is 8.49. The van der Waals surface area contributed by atoms with E-state index in [-0.39, 0.29) is 5.75 Å². The van der Waals surface area contributed by atoms with Gasteiger partial charge in [-0.05, 0) is 37.4 Å². The van der Waals surface area contributed by atoms with Crippen LogP contribution in [0.3, 0.4) is 0 Å². The minimum atomic E-state index is -3.24. The monoisotopic (exact) mass is 360 g/mol. The smallest absolute Gasteiger partial charge is 0.214 e. The van der Waals surface area contributed by atoms with Crippen LogP contribution >= 0.6 is 0 Å². The van der Waals surface area contributed by atoms with E-state index in [2.05, 4.69) is 15.5 Å². The molecule has 2 rings (SSSR count). The van der Waals surface area contributed by atoms with Crippen LogP contribution in [0.4, 0.5) is 0 Å². The number of hydrogen-bond acceptors (Lipinski definition) is 7. The summed E-state index contributed by atoms with van der Waals surface area (Å²) in [4.78, 5) is 2.03. The lowest BCUT2D eigenvalue weighted by molar-refractivity contribution is 0.138. The van der Waals surface area contributed by atoms with E-state index in [4.69, 9.17) is 4.74 Å². The number of rotatable bonds is 9. The van der Waals surface area contributed by atoms with Gasteiger partial charge < -0.3 is 4.74 Å². The molecule has 0 bridgehead atoms. The third-order valence-corrected chi connectivity index (χ3v) is 6.58.